The summed E-state index contributed by atoms with van der Waals surface area (Å²) in [5.41, 5.74) is 2.87. The number of hydrogen-bond donors (Lipinski definition) is 0. The first-order chi connectivity index (χ1) is 15.0. The lowest BCUT2D eigenvalue weighted by Gasteiger charge is -2.07. The number of carbonyl (C=O) groups excluding carboxylic acids is 1. The molecule has 0 aliphatic carbocycles. The predicted molar refractivity (Wildman–Crippen MR) is 119 cm³/mol. The molecule has 7 heteroatoms. The Hall–Kier alpha value is -4.26. The van der Waals surface area contributed by atoms with Crippen molar-refractivity contribution in [1.29, 1.82) is 0 Å². The quantitative estimate of drug-likeness (QED) is 0.283. The van der Waals surface area contributed by atoms with Crippen LogP contribution in [0.15, 0.2) is 88.9 Å². The highest BCUT2D eigenvalue weighted by Gasteiger charge is 2.15. The molecule has 0 atom stereocenters. The largest absolute Gasteiger partial charge is 0.423 e. The van der Waals surface area contributed by atoms with Gasteiger partial charge in [-0.15, -0.1) is 0 Å². The summed E-state index contributed by atoms with van der Waals surface area (Å²) >= 11 is 0. The molecular weight excluding hydrogens is 392 g/mol. The molecule has 31 heavy (non-hydrogen) atoms. The van der Waals surface area contributed by atoms with Crippen molar-refractivity contribution in [2.75, 3.05) is 0 Å². The van der Waals surface area contributed by atoms with E-state index >= 15 is 0 Å². The van der Waals surface area contributed by atoms with Crippen LogP contribution in [0.2, 0.25) is 0 Å². The maximum atomic E-state index is 12.9. The summed E-state index contributed by atoms with van der Waals surface area (Å²) in [6.07, 6.45) is 4.66. The van der Waals surface area contributed by atoms with Crippen molar-refractivity contribution < 1.29 is 9.53 Å². The van der Waals surface area contributed by atoms with Crippen molar-refractivity contribution in [1.82, 2.24) is 14.3 Å². The van der Waals surface area contributed by atoms with E-state index in [4.69, 9.17) is 4.74 Å². The lowest BCUT2D eigenvalue weighted by Crippen LogP contribution is -2.19. The molecule has 0 unspecified atom stereocenters. The van der Waals surface area contributed by atoms with Gasteiger partial charge in [0.25, 0.3) is 5.56 Å². The second-order valence-electron chi connectivity index (χ2n) is 6.87. The van der Waals surface area contributed by atoms with Gasteiger partial charge in [0.15, 0.2) is 5.69 Å². The third-order valence-electron chi connectivity index (χ3n) is 4.85. The van der Waals surface area contributed by atoms with E-state index in [2.05, 4.69) is 9.98 Å². The van der Waals surface area contributed by atoms with Crippen LogP contribution in [0, 0.1) is 6.92 Å². The molecule has 2 aromatic carbocycles. The van der Waals surface area contributed by atoms with Crippen molar-refractivity contribution >= 4 is 17.9 Å². The van der Waals surface area contributed by atoms with E-state index in [1.54, 1.807) is 58.2 Å². The van der Waals surface area contributed by atoms with Crippen LogP contribution in [0.5, 0.6) is 5.75 Å². The maximum Gasteiger partial charge on any atom is 0.345 e. The Kier molecular flexibility index (Phi) is 5.57. The molecule has 0 bridgehead atoms. The second-order valence-corrected chi connectivity index (χ2v) is 6.87. The van der Waals surface area contributed by atoms with Gasteiger partial charge < -0.3 is 4.74 Å². The fraction of sp³-hybridized carbons (Fsp3) is 0.0833. The van der Waals surface area contributed by atoms with Gasteiger partial charge in [-0.1, -0.05) is 18.2 Å². The summed E-state index contributed by atoms with van der Waals surface area (Å²) in [5, 5.41) is 0. The maximum absolute atomic E-state index is 12.9. The van der Waals surface area contributed by atoms with Crippen LogP contribution in [0.1, 0.15) is 21.6 Å². The molecule has 4 rings (SSSR count). The number of rotatable bonds is 5. The lowest BCUT2D eigenvalue weighted by atomic mass is 10.2. The van der Waals surface area contributed by atoms with Crippen LogP contribution in [0.4, 0.5) is 5.69 Å². The molecule has 0 aliphatic heterocycles. The van der Waals surface area contributed by atoms with Gasteiger partial charge in [-0.3, -0.25) is 14.5 Å². The Bertz CT molecular complexity index is 1290. The number of ether oxygens (including phenoxy) is 1. The zero-order valence-electron chi connectivity index (χ0n) is 17.1. The number of aliphatic imine (C=N–C) groups is 1. The average molecular weight is 412 g/mol. The van der Waals surface area contributed by atoms with Crippen molar-refractivity contribution in [3.63, 3.8) is 0 Å². The van der Waals surface area contributed by atoms with E-state index in [0.29, 0.717) is 17.0 Å². The first kappa shape index (κ1) is 20.0. The minimum absolute atomic E-state index is 0.190. The summed E-state index contributed by atoms with van der Waals surface area (Å²) in [7, 11) is 1.83. The van der Waals surface area contributed by atoms with Gasteiger partial charge in [0.1, 0.15) is 5.75 Å². The molecule has 0 saturated carbocycles. The molecule has 0 fully saturated rings. The smallest absolute Gasteiger partial charge is 0.345 e. The summed E-state index contributed by atoms with van der Waals surface area (Å²) in [4.78, 5) is 33.4. The molecule has 0 amide bonds. The molecule has 2 heterocycles. The fourth-order valence-corrected chi connectivity index (χ4v) is 3.11. The van der Waals surface area contributed by atoms with E-state index in [0.717, 1.165) is 16.9 Å². The molecule has 0 aliphatic rings. The number of benzene rings is 2. The number of esters is 1. The van der Waals surface area contributed by atoms with Crippen molar-refractivity contribution in [2.24, 2.45) is 12.0 Å². The van der Waals surface area contributed by atoms with E-state index in [1.807, 2.05) is 44.3 Å². The monoisotopic (exact) mass is 412 g/mol. The van der Waals surface area contributed by atoms with Crippen LogP contribution in [0.3, 0.4) is 0 Å². The number of nitrogens with zero attached hydrogens (tertiary/aromatic N) is 4. The number of hydrogen-bond acceptors (Lipinski definition) is 5. The standard InChI is InChI=1S/C24H20N4O3/c1-17-22(23(29)28(27(17)2)20-8-4-3-5-9-20)26-15-18-10-12-21(13-11-18)31-24(30)19-7-6-14-25-16-19/h3-16H,1-2H3. The van der Waals surface area contributed by atoms with Gasteiger partial charge in [0.05, 0.1) is 16.9 Å². The first-order valence-corrected chi connectivity index (χ1v) is 9.65. The van der Waals surface area contributed by atoms with Crippen LogP contribution in [-0.4, -0.2) is 26.5 Å². The van der Waals surface area contributed by atoms with Crippen LogP contribution < -0.4 is 10.3 Å². The fourth-order valence-electron chi connectivity index (χ4n) is 3.11. The number of aromatic nitrogens is 3. The SMILES string of the molecule is Cc1c(N=Cc2ccc(OC(=O)c3cccnc3)cc2)c(=O)n(-c2ccccc2)n1C. The predicted octanol–water partition coefficient (Wildman–Crippen LogP) is 3.85. The van der Waals surface area contributed by atoms with Gasteiger partial charge in [0, 0.05) is 25.7 Å². The molecule has 7 nitrogen and oxygen atoms in total. The lowest BCUT2D eigenvalue weighted by molar-refractivity contribution is 0.0734. The third-order valence-corrected chi connectivity index (χ3v) is 4.85. The van der Waals surface area contributed by atoms with Gasteiger partial charge in [-0.25, -0.2) is 14.5 Å². The second kappa shape index (κ2) is 8.62. The van der Waals surface area contributed by atoms with Crippen molar-refractivity contribution in [2.45, 2.75) is 6.92 Å². The summed E-state index contributed by atoms with van der Waals surface area (Å²) in [6.45, 7) is 1.86. The Morgan fingerprint density at radius 1 is 1.03 bits per heavy atom. The average Bonchev–Trinajstić information content (AvgIpc) is 3.02. The van der Waals surface area contributed by atoms with E-state index in [1.165, 1.54) is 6.20 Å². The Morgan fingerprint density at radius 3 is 2.45 bits per heavy atom. The Balaban J connectivity index is 1.53. The van der Waals surface area contributed by atoms with Crippen molar-refractivity contribution in [3.8, 4) is 11.4 Å². The van der Waals surface area contributed by atoms with E-state index in [-0.39, 0.29) is 5.56 Å². The van der Waals surface area contributed by atoms with Gasteiger partial charge >= 0.3 is 5.97 Å². The number of pyridine rings is 1. The van der Waals surface area contributed by atoms with Gasteiger partial charge in [-0.05, 0) is 61.0 Å². The Labute approximate surface area is 178 Å². The minimum atomic E-state index is -0.476. The topological polar surface area (TPSA) is 78.5 Å². The normalized spacial score (nSPS) is 11.0. The molecule has 154 valence electrons. The highest BCUT2D eigenvalue weighted by atomic mass is 16.5. The third kappa shape index (κ3) is 4.20. The van der Waals surface area contributed by atoms with Crippen LogP contribution in [0.25, 0.3) is 5.69 Å². The number of para-hydroxylation sites is 1. The molecule has 2 aromatic heterocycles. The van der Waals surface area contributed by atoms with Crippen LogP contribution >= 0.6 is 0 Å². The molecule has 0 saturated heterocycles. The van der Waals surface area contributed by atoms with Crippen molar-refractivity contribution in [3.05, 3.63) is 106 Å². The zero-order valence-corrected chi connectivity index (χ0v) is 17.1. The van der Waals surface area contributed by atoms with Crippen LogP contribution in [-0.2, 0) is 7.05 Å². The Morgan fingerprint density at radius 2 is 1.77 bits per heavy atom. The summed E-state index contributed by atoms with van der Waals surface area (Å²) in [5.74, 6) is -0.0655. The minimum Gasteiger partial charge on any atom is -0.423 e. The number of carbonyl (C=O) groups is 1. The zero-order chi connectivity index (χ0) is 21.8. The van der Waals surface area contributed by atoms with Gasteiger partial charge in [0.2, 0.25) is 0 Å². The van der Waals surface area contributed by atoms with Gasteiger partial charge in [-0.2, -0.15) is 0 Å². The summed E-state index contributed by atoms with van der Waals surface area (Å²) < 4.78 is 8.71. The van der Waals surface area contributed by atoms with E-state index in [9.17, 15) is 9.59 Å². The molecular formula is C24H20N4O3. The molecule has 0 N–H and O–H groups in total. The molecule has 0 radical (unpaired) electrons. The highest BCUT2D eigenvalue weighted by Crippen LogP contribution is 2.18. The summed E-state index contributed by atoms with van der Waals surface area (Å²) in [6, 6.07) is 19.6. The molecule has 4 aromatic rings. The first-order valence-electron chi connectivity index (χ1n) is 9.65. The molecule has 0 spiro atoms. The highest BCUT2D eigenvalue weighted by molar-refractivity contribution is 5.90. The van der Waals surface area contributed by atoms with E-state index < -0.39 is 5.97 Å².